The maximum atomic E-state index is 13.3. The van der Waals surface area contributed by atoms with Crippen LogP contribution in [0.1, 0.15) is 32.3 Å². The molecule has 0 heterocycles. The first-order chi connectivity index (χ1) is 12.1. The second-order valence-electron chi connectivity index (χ2n) is 6.05. The lowest BCUT2D eigenvalue weighted by molar-refractivity contribution is 0.407. The molecule has 0 spiro atoms. The predicted molar refractivity (Wildman–Crippen MR) is 105 cm³/mol. The minimum atomic E-state index is -3.54. The molecule has 136 valence electrons. The molecule has 2 aromatic rings. The van der Waals surface area contributed by atoms with E-state index in [1.807, 2.05) is 74.5 Å². The van der Waals surface area contributed by atoms with Crippen molar-refractivity contribution in [2.45, 2.75) is 33.1 Å². The summed E-state index contributed by atoms with van der Waals surface area (Å²) in [5, 5.41) is 0. The van der Waals surface area contributed by atoms with E-state index in [1.165, 1.54) is 0 Å². The molecule has 0 fully saturated rings. The fourth-order valence-corrected chi connectivity index (χ4v) is 4.64. The summed E-state index contributed by atoms with van der Waals surface area (Å²) in [5.41, 5.74) is 1.85. The van der Waals surface area contributed by atoms with E-state index in [0.29, 0.717) is 26.1 Å². The molecule has 0 unspecified atom stereocenters. The molecule has 0 bridgehead atoms. The summed E-state index contributed by atoms with van der Waals surface area (Å²) in [4.78, 5) is 0. The zero-order valence-corrected chi connectivity index (χ0v) is 16.0. The van der Waals surface area contributed by atoms with Crippen LogP contribution in [0.25, 0.3) is 0 Å². The van der Waals surface area contributed by atoms with Crippen molar-refractivity contribution in [1.82, 2.24) is 4.31 Å². The molecule has 2 rings (SSSR count). The van der Waals surface area contributed by atoms with Crippen molar-refractivity contribution >= 4 is 15.9 Å². The highest BCUT2D eigenvalue weighted by molar-refractivity contribution is 7.90. The number of para-hydroxylation sites is 1. The highest BCUT2D eigenvalue weighted by atomic mass is 32.2. The van der Waals surface area contributed by atoms with Gasteiger partial charge in [0.2, 0.25) is 0 Å². The Morgan fingerprint density at radius 3 is 1.80 bits per heavy atom. The van der Waals surface area contributed by atoms with Crippen molar-refractivity contribution in [3.63, 3.8) is 0 Å². The molecule has 0 aliphatic carbocycles. The van der Waals surface area contributed by atoms with Gasteiger partial charge in [0, 0.05) is 19.6 Å². The van der Waals surface area contributed by atoms with Gasteiger partial charge in [-0.15, -0.1) is 0 Å². The van der Waals surface area contributed by atoms with Gasteiger partial charge in [0.1, 0.15) is 0 Å². The van der Waals surface area contributed by atoms with Crippen LogP contribution >= 0.6 is 0 Å². The van der Waals surface area contributed by atoms with E-state index in [2.05, 4.69) is 0 Å². The number of rotatable bonds is 10. The van der Waals surface area contributed by atoms with Gasteiger partial charge in [-0.3, -0.25) is 4.31 Å². The van der Waals surface area contributed by atoms with Gasteiger partial charge in [0.25, 0.3) is 0 Å². The van der Waals surface area contributed by atoms with Crippen LogP contribution in [0, 0.1) is 0 Å². The lowest BCUT2D eigenvalue weighted by Crippen LogP contribution is -2.45. The van der Waals surface area contributed by atoms with Crippen LogP contribution < -0.4 is 4.31 Å². The maximum absolute atomic E-state index is 13.3. The van der Waals surface area contributed by atoms with Crippen LogP contribution in [-0.4, -0.2) is 32.4 Å². The Labute approximate surface area is 152 Å². The van der Waals surface area contributed by atoms with Gasteiger partial charge >= 0.3 is 10.2 Å². The first-order valence-electron chi connectivity index (χ1n) is 8.96. The van der Waals surface area contributed by atoms with Crippen LogP contribution in [0.5, 0.6) is 0 Å². The summed E-state index contributed by atoms with van der Waals surface area (Å²) >= 11 is 0. The Hall–Kier alpha value is -1.85. The summed E-state index contributed by atoms with van der Waals surface area (Å²) in [7, 11) is -3.54. The number of hydrogen-bond donors (Lipinski definition) is 0. The second kappa shape index (κ2) is 9.59. The Balaban J connectivity index is 2.30. The third kappa shape index (κ3) is 5.31. The minimum absolute atomic E-state index is 0.431. The maximum Gasteiger partial charge on any atom is 0.304 e. The lowest BCUT2D eigenvalue weighted by atomic mass is 10.1. The first-order valence-corrected chi connectivity index (χ1v) is 10.4. The van der Waals surface area contributed by atoms with Crippen LogP contribution in [0.15, 0.2) is 60.7 Å². The number of anilines is 1. The molecule has 4 nitrogen and oxygen atoms in total. The van der Waals surface area contributed by atoms with Crippen LogP contribution in [0.3, 0.4) is 0 Å². The zero-order valence-electron chi connectivity index (χ0n) is 15.1. The van der Waals surface area contributed by atoms with Crippen molar-refractivity contribution in [2.75, 3.05) is 23.9 Å². The summed E-state index contributed by atoms with van der Waals surface area (Å²) in [6.07, 6.45) is 2.29. The summed E-state index contributed by atoms with van der Waals surface area (Å²) < 4.78 is 29.7. The number of nitrogens with zero attached hydrogens (tertiary/aromatic N) is 2. The molecule has 0 saturated carbocycles. The normalized spacial score (nSPS) is 11.6. The van der Waals surface area contributed by atoms with Gasteiger partial charge in [0.05, 0.1) is 5.69 Å². The molecule has 0 aliphatic rings. The van der Waals surface area contributed by atoms with E-state index in [0.717, 1.165) is 24.1 Å². The van der Waals surface area contributed by atoms with Gasteiger partial charge in [0.15, 0.2) is 0 Å². The van der Waals surface area contributed by atoms with Gasteiger partial charge < -0.3 is 0 Å². The SMILES string of the molecule is CCCN(CCC)S(=O)(=O)N(CCc1ccccc1)c1ccccc1. The molecule has 0 radical (unpaired) electrons. The summed E-state index contributed by atoms with van der Waals surface area (Å²) in [5.74, 6) is 0. The molecule has 25 heavy (non-hydrogen) atoms. The van der Waals surface area contributed by atoms with Gasteiger partial charge in [-0.1, -0.05) is 62.4 Å². The second-order valence-corrected chi connectivity index (χ2v) is 7.90. The quantitative estimate of drug-likeness (QED) is 0.640. The molecule has 0 amide bonds. The van der Waals surface area contributed by atoms with E-state index in [9.17, 15) is 8.42 Å². The highest BCUT2D eigenvalue weighted by Crippen LogP contribution is 2.21. The van der Waals surface area contributed by atoms with E-state index < -0.39 is 10.2 Å². The van der Waals surface area contributed by atoms with E-state index in [1.54, 1.807) is 8.61 Å². The fourth-order valence-electron chi connectivity index (χ4n) is 2.83. The number of benzene rings is 2. The van der Waals surface area contributed by atoms with Crippen molar-refractivity contribution < 1.29 is 8.42 Å². The predicted octanol–water partition coefficient (Wildman–Crippen LogP) is 4.10. The van der Waals surface area contributed by atoms with Gasteiger partial charge in [-0.2, -0.15) is 12.7 Å². The molecular weight excluding hydrogens is 332 g/mol. The zero-order chi connectivity index (χ0) is 18.1. The molecule has 0 saturated heterocycles. The monoisotopic (exact) mass is 360 g/mol. The largest absolute Gasteiger partial charge is 0.304 e. The van der Waals surface area contributed by atoms with E-state index in [-0.39, 0.29) is 0 Å². The molecule has 0 aliphatic heterocycles. The average Bonchev–Trinajstić information content (AvgIpc) is 2.63. The van der Waals surface area contributed by atoms with Gasteiger partial charge in [-0.25, -0.2) is 0 Å². The van der Waals surface area contributed by atoms with E-state index >= 15 is 0 Å². The molecular formula is C20H28N2O2S. The molecule has 0 N–H and O–H groups in total. The Bertz CT molecular complexity index is 712. The average molecular weight is 361 g/mol. The van der Waals surface area contributed by atoms with Crippen molar-refractivity contribution in [3.05, 3.63) is 66.2 Å². The van der Waals surface area contributed by atoms with Crippen LogP contribution in [0.4, 0.5) is 5.69 Å². The van der Waals surface area contributed by atoms with Crippen LogP contribution in [-0.2, 0) is 16.6 Å². The number of hydrogen-bond acceptors (Lipinski definition) is 2. The third-order valence-corrected chi connectivity index (χ3v) is 6.01. The topological polar surface area (TPSA) is 40.6 Å². The highest BCUT2D eigenvalue weighted by Gasteiger charge is 2.28. The Morgan fingerprint density at radius 1 is 0.760 bits per heavy atom. The van der Waals surface area contributed by atoms with Crippen molar-refractivity contribution in [3.8, 4) is 0 Å². The van der Waals surface area contributed by atoms with E-state index in [4.69, 9.17) is 0 Å². The molecule has 5 heteroatoms. The first kappa shape index (κ1) is 19.5. The van der Waals surface area contributed by atoms with Gasteiger partial charge in [-0.05, 0) is 37.0 Å². The minimum Gasteiger partial charge on any atom is -0.257 e. The molecule has 2 aromatic carbocycles. The smallest absolute Gasteiger partial charge is 0.257 e. The molecule has 0 atom stereocenters. The summed E-state index contributed by atoms with van der Waals surface area (Å²) in [6, 6.07) is 19.4. The fraction of sp³-hybridized carbons (Fsp3) is 0.400. The Kier molecular flexibility index (Phi) is 7.47. The Morgan fingerprint density at radius 2 is 1.28 bits per heavy atom. The standard InChI is InChI=1S/C20H28N2O2S/c1-3-16-21(17-4-2)25(23,24)22(20-13-9-6-10-14-20)18-15-19-11-7-5-8-12-19/h5-14H,3-4,15-18H2,1-2H3. The lowest BCUT2D eigenvalue weighted by Gasteiger charge is -2.31. The van der Waals surface area contributed by atoms with Crippen molar-refractivity contribution in [2.24, 2.45) is 0 Å². The third-order valence-electron chi connectivity index (χ3n) is 4.04. The molecule has 0 aromatic heterocycles. The summed E-state index contributed by atoms with van der Waals surface area (Å²) in [6.45, 7) is 5.54. The van der Waals surface area contributed by atoms with Crippen LogP contribution in [0.2, 0.25) is 0 Å². The van der Waals surface area contributed by atoms with Crippen molar-refractivity contribution in [1.29, 1.82) is 0 Å².